The monoisotopic (exact) mass is 384 g/mol. The summed E-state index contributed by atoms with van der Waals surface area (Å²) in [6, 6.07) is 9.05. The van der Waals surface area contributed by atoms with Gasteiger partial charge in [0.1, 0.15) is 5.57 Å². The third kappa shape index (κ3) is 3.02. The average molecular weight is 385 g/mol. The van der Waals surface area contributed by atoms with E-state index in [-0.39, 0.29) is 12.4 Å². The molecule has 1 fully saturated rings. The summed E-state index contributed by atoms with van der Waals surface area (Å²) in [5.41, 5.74) is 1.37. The van der Waals surface area contributed by atoms with Crippen LogP contribution in [0.15, 0.2) is 42.0 Å². The molecule has 1 N–H and O–H groups in total. The third-order valence-electron chi connectivity index (χ3n) is 4.22. The van der Waals surface area contributed by atoms with Gasteiger partial charge in [0.05, 0.1) is 5.69 Å². The molecule has 4 amide bonds. The molecule has 2 aromatic rings. The van der Waals surface area contributed by atoms with Gasteiger partial charge in [0, 0.05) is 5.02 Å². The number of rotatable bonds is 2. The molecule has 2 heterocycles. The normalized spacial score (nSPS) is 17.5. The first-order valence-corrected chi connectivity index (χ1v) is 8.39. The number of aryl methyl sites for hydroxylation is 1. The molecule has 0 aromatic heterocycles. The summed E-state index contributed by atoms with van der Waals surface area (Å²) in [6.45, 7) is 1.86. The highest BCUT2D eigenvalue weighted by Gasteiger charge is 2.37. The number of fused-ring (bicyclic) bond motifs is 1. The smallest absolute Gasteiger partial charge is 0.335 e. The van der Waals surface area contributed by atoms with Crippen LogP contribution in [0.4, 0.5) is 10.5 Å². The maximum atomic E-state index is 12.9. The zero-order valence-corrected chi connectivity index (χ0v) is 14.9. The van der Waals surface area contributed by atoms with E-state index in [1.165, 1.54) is 12.1 Å². The Hall–Kier alpha value is -3.32. The number of urea groups is 1. The summed E-state index contributed by atoms with van der Waals surface area (Å²) in [5.74, 6) is -0.389. The number of imide groups is 2. The number of nitrogens with one attached hydrogen (secondary N) is 1. The lowest BCUT2D eigenvalue weighted by Crippen LogP contribution is -2.54. The minimum atomic E-state index is -0.821. The number of ether oxygens (including phenoxy) is 2. The van der Waals surface area contributed by atoms with E-state index in [1.54, 1.807) is 37.3 Å². The largest absolute Gasteiger partial charge is 0.454 e. The predicted molar refractivity (Wildman–Crippen MR) is 97.8 cm³/mol. The first-order chi connectivity index (χ1) is 12.9. The fraction of sp³-hybridized carbons (Fsp3) is 0.105. The molecule has 0 atom stereocenters. The van der Waals surface area contributed by atoms with Crippen LogP contribution in [0.5, 0.6) is 11.5 Å². The van der Waals surface area contributed by atoms with Crippen molar-refractivity contribution in [2.24, 2.45) is 0 Å². The van der Waals surface area contributed by atoms with Gasteiger partial charge >= 0.3 is 6.03 Å². The highest BCUT2D eigenvalue weighted by atomic mass is 35.5. The van der Waals surface area contributed by atoms with Crippen molar-refractivity contribution in [3.8, 4) is 11.5 Å². The van der Waals surface area contributed by atoms with Crippen molar-refractivity contribution in [2.45, 2.75) is 6.92 Å². The summed E-state index contributed by atoms with van der Waals surface area (Å²) in [7, 11) is 0. The van der Waals surface area contributed by atoms with Gasteiger partial charge in [-0.05, 0) is 48.4 Å². The number of barbiturate groups is 1. The highest BCUT2D eigenvalue weighted by molar-refractivity contribution is 6.39. The Morgan fingerprint density at radius 2 is 1.85 bits per heavy atom. The van der Waals surface area contributed by atoms with Crippen molar-refractivity contribution in [3.05, 3.63) is 58.1 Å². The predicted octanol–water partition coefficient (Wildman–Crippen LogP) is 3.04. The Labute approximate surface area is 159 Å². The number of amides is 4. The zero-order chi connectivity index (χ0) is 19.1. The second-order valence-electron chi connectivity index (χ2n) is 6.00. The second-order valence-corrected chi connectivity index (χ2v) is 6.44. The number of hydrogen-bond donors (Lipinski definition) is 1. The van der Waals surface area contributed by atoms with E-state index in [9.17, 15) is 14.4 Å². The number of nitrogens with zero attached hydrogens (tertiary/aromatic N) is 1. The molecule has 0 aliphatic carbocycles. The first kappa shape index (κ1) is 17.1. The number of halogens is 1. The Kier molecular flexibility index (Phi) is 4.08. The Balaban J connectivity index is 1.75. The van der Waals surface area contributed by atoms with Crippen molar-refractivity contribution in [3.63, 3.8) is 0 Å². The van der Waals surface area contributed by atoms with E-state index in [1.807, 2.05) is 0 Å². The van der Waals surface area contributed by atoms with Crippen LogP contribution in [0.3, 0.4) is 0 Å². The second kappa shape index (κ2) is 6.44. The summed E-state index contributed by atoms with van der Waals surface area (Å²) >= 11 is 6.00. The third-order valence-corrected chi connectivity index (χ3v) is 4.46. The number of carbonyl (C=O) groups is 3. The minimum Gasteiger partial charge on any atom is -0.454 e. The fourth-order valence-electron chi connectivity index (χ4n) is 2.87. The number of benzene rings is 2. The van der Waals surface area contributed by atoms with Gasteiger partial charge in [-0.15, -0.1) is 0 Å². The van der Waals surface area contributed by atoms with Crippen LogP contribution in [0.2, 0.25) is 5.02 Å². The zero-order valence-electron chi connectivity index (χ0n) is 14.1. The van der Waals surface area contributed by atoms with E-state index in [2.05, 4.69) is 5.32 Å². The SMILES string of the molecule is Cc1ccc(Cl)cc1N1C(=O)NC(=O)/C(=C\c2ccc3c(c2)OCO3)C1=O. The van der Waals surface area contributed by atoms with Gasteiger partial charge in [0.15, 0.2) is 11.5 Å². The Morgan fingerprint density at radius 3 is 2.67 bits per heavy atom. The summed E-state index contributed by atoms with van der Waals surface area (Å²) in [4.78, 5) is 38.4. The highest BCUT2D eigenvalue weighted by Crippen LogP contribution is 2.34. The maximum absolute atomic E-state index is 12.9. The average Bonchev–Trinajstić information content (AvgIpc) is 3.09. The van der Waals surface area contributed by atoms with Gasteiger partial charge in [-0.25, -0.2) is 9.69 Å². The van der Waals surface area contributed by atoms with Gasteiger partial charge in [-0.3, -0.25) is 14.9 Å². The van der Waals surface area contributed by atoms with Crippen LogP contribution in [0.25, 0.3) is 6.08 Å². The number of anilines is 1. The molecule has 2 aliphatic rings. The lowest BCUT2D eigenvalue weighted by molar-refractivity contribution is -0.122. The van der Waals surface area contributed by atoms with Crippen molar-refractivity contribution in [1.82, 2.24) is 5.32 Å². The van der Waals surface area contributed by atoms with E-state index in [4.69, 9.17) is 21.1 Å². The van der Waals surface area contributed by atoms with Gasteiger partial charge < -0.3 is 9.47 Å². The molecular formula is C19H13ClN2O5. The van der Waals surface area contributed by atoms with Crippen LogP contribution >= 0.6 is 11.6 Å². The molecule has 27 heavy (non-hydrogen) atoms. The fourth-order valence-corrected chi connectivity index (χ4v) is 3.04. The van der Waals surface area contributed by atoms with Gasteiger partial charge in [0.25, 0.3) is 11.8 Å². The molecular weight excluding hydrogens is 372 g/mol. The van der Waals surface area contributed by atoms with Crippen molar-refractivity contribution >= 4 is 41.2 Å². The summed E-state index contributed by atoms with van der Waals surface area (Å²) in [5, 5.41) is 2.56. The molecule has 0 unspecified atom stereocenters. The molecule has 0 radical (unpaired) electrons. The van der Waals surface area contributed by atoms with Crippen molar-refractivity contribution < 1.29 is 23.9 Å². The van der Waals surface area contributed by atoms with Crippen molar-refractivity contribution in [1.29, 1.82) is 0 Å². The van der Waals surface area contributed by atoms with E-state index in [0.29, 0.717) is 33.3 Å². The summed E-state index contributed by atoms with van der Waals surface area (Å²) < 4.78 is 10.5. The minimum absolute atomic E-state index is 0.116. The van der Waals surface area contributed by atoms with Crippen LogP contribution in [-0.4, -0.2) is 24.6 Å². The van der Waals surface area contributed by atoms with E-state index < -0.39 is 17.8 Å². The first-order valence-electron chi connectivity index (χ1n) is 8.01. The molecule has 2 aromatic carbocycles. The Morgan fingerprint density at radius 1 is 1.07 bits per heavy atom. The molecule has 136 valence electrons. The molecule has 0 saturated carbocycles. The number of carbonyl (C=O) groups excluding carboxylic acids is 3. The quantitative estimate of drug-likeness (QED) is 0.635. The lowest BCUT2D eigenvalue weighted by atomic mass is 10.1. The van der Waals surface area contributed by atoms with Crippen LogP contribution in [0.1, 0.15) is 11.1 Å². The molecule has 0 bridgehead atoms. The van der Waals surface area contributed by atoms with Gasteiger partial charge in [0.2, 0.25) is 6.79 Å². The van der Waals surface area contributed by atoms with Crippen LogP contribution in [-0.2, 0) is 9.59 Å². The maximum Gasteiger partial charge on any atom is 0.335 e. The van der Waals surface area contributed by atoms with Gasteiger partial charge in [-0.2, -0.15) is 0 Å². The van der Waals surface area contributed by atoms with Crippen LogP contribution in [0, 0.1) is 6.92 Å². The van der Waals surface area contributed by atoms with Crippen molar-refractivity contribution in [2.75, 3.05) is 11.7 Å². The van der Waals surface area contributed by atoms with Gasteiger partial charge in [-0.1, -0.05) is 23.7 Å². The van der Waals surface area contributed by atoms with E-state index in [0.717, 1.165) is 4.90 Å². The molecule has 4 rings (SSSR count). The molecule has 1 saturated heterocycles. The lowest BCUT2D eigenvalue weighted by Gasteiger charge is -2.27. The standard InChI is InChI=1S/C19H13ClN2O5/c1-10-2-4-12(20)8-14(10)22-18(24)13(17(23)21-19(22)25)6-11-3-5-15-16(7-11)27-9-26-15/h2-8H,9H2,1H3,(H,21,23,25)/b13-6+. The molecule has 8 heteroatoms. The molecule has 7 nitrogen and oxygen atoms in total. The topological polar surface area (TPSA) is 84.9 Å². The number of hydrogen-bond acceptors (Lipinski definition) is 5. The van der Waals surface area contributed by atoms with E-state index >= 15 is 0 Å². The summed E-state index contributed by atoms with van der Waals surface area (Å²) in [6.07, 6.45) is 1.40. The van der Waals surface area contributed by atoms with Crippen LogP contribution < -0.4 is 19.7 Å². The Bertz CT molecular complexity index is 1030. The molecule has 2 aliphatic heterocycles. The molecule has 0 spiro atoms.